The van der Waals surface area contributed by atoms with E-state index in [1.807, 2.05) is 0 Å². The highest BCUT2D eigenvalue weighted by atomic mass is 19.1. The summed E-state index contributed by atoms with van der Waals surface area (Å²) in [6.07, 6.45) is 2.77. The van der Waals surface area contributed by atoms with Gasteiger partial charge in [-0.1, -0.05) is 31.0 Å². The zero-order chi connectivity index (χ0) is 16.8. The van der Waals surface area contributed by atoms with Crippen LogP contribution < -0.4 is 10.6 Å². The van der Waals surface area contributed by atoms with Crippen molar-refractivity contribution in [2.45, 2.75) is 44.8 Å². The van der Waals surface area contributed by atoms with Crippen molar-refractivity contribution in [1.82, 2.24) is 10.6 Å². The normalized spacial score (nSPS) is 17.5. The molecule has 1 fully saturated rings. The predicted octanol–water partition coefficient (Wildman–Crippen LogP) is 1.67. The number of hydrogen-bond acceptors (Lipinski definition) is 3. The van der Waals surface area contributed by atoms with E-state index < -0.39 is 18.0 Å². The molecule has 0 aromatic heterocycles. The average Bonchev–Trinajstić information content (AvgIpc) is 3.04. The third-order valence-corrected chi connectivity index (χ3v) is 4.25. The largest absolute Gasteiger partial charge is 0.386 e. The summed E-state index contributed by atoms with van der Waals surface area (Å²) < 4.78 is 13.6. The van der Waals surface area contributed by atoms with Crippen molar-refractivity contribution in [2.24, 2.45) is 5.92 Å². The topological polar surface area (TPSA) is 78.4 Å². The fourth-order valence-corrected chi connectivity index (χ4v) is 3.07. The molecular formula is C17H23FN2O3. The van der Waals surface area contributed by atoms with Gasteiger partial charge >= 0.3 is 0 Å². The van der Waals surface area contributed by atoms with Gasteiger partial charge in [0.25, 0.3) is 0 Å². The van der Waals surface area contributed by atoms with E-state index in [2.05, 4.69) is 10.6 Å². The van der Waals surface area contributed by atoms with Crippen LogP contribution in [0.3, 0.4) is 0 Å². The van der Waals surface area contributed by atoms with Gasteiger partial charge in [-0.05, 0) is 24.8 Å². The molecule has 3 N–H and O–H groups in total. The summed E-state index contributed by atoms with van der Waals surface area (Å²) in [6.45, 7) is 1.28. The van der Waals surface area contributed by atoms with Crippen LogP contribution in [0.1, 0.15) is 44.3 Å². The number of halogens is 1. The van der Waals surface area contributed by atoms with E-state index in [1.54, 1.807) is 6.07 Å². The van der Waals surface area contributed by atoms with Gasteiger partial charge < -0.3 is 15.7 Å². The van der Waals surface area contributed by atoms with E-state index in [1.165, 1.54) is 25.1 Å². The van der Waals surface area contributed by atoms with Gasteiger partial charge in [-0.25, -0.2) is 4.39 Å². The number of aliphatic hydroxyl groups excluding tert-OH is 1. The SMILES string of the molecule is CC(=O)NC(C(=O)NCC(O)c1ccccc1F)C1CCCC1. The van der Waals surface area contributed by atoms with E-state index >= 15 is 0 Å². The number of hydrogen-bond donors (Lipinski definition) is 3. The van der Waals surface area contributed by atoms with Crippen LogP contribution in [-0.2, 0) is 9.59 Å². The number of amides is 2. The molecule has 2 atom stereocenters. The second-order valence-electron chi connectivity index (χ2n) is 6.01. The Bertz CT molecular complexity index is 559. The molecule has 0 heterocycles. The molecule has 6 heteroatoms. The Hall–Kier alpha value is -1.95. The summed E-state index contributed by atoms with van der Waals surface area (Å²) in [5, 5.41) is 15.3. The monoisotopic (exact) mass is 322 g/mol. The number of carbonyl (C=O) groups excluding carboxylic acids is 2. The van der Waals surface area contributed by atoms with Crippen molar-refractivity contribution < 1.29 is 19.1 Å². The Morgan fingerprint density at radius 2 is 1.96 bits per heavy atom. The van der Waals surface area contributed by atoms with Crippen LogP contribution in [0.4, 0.5) is 4.39 Å². The smallest absolute Gasteiger partial charge is 0.242 e. The highest BCUT2D eigenvalue weighted by molar-refractivity contribution is 5.87. The van der Waals surface area contributed by atoms with Crippen molar-refractivity contribution in [1.29, 1.82) is 0 Å². The van der Waals surface area contributed by atoms with Crippen LogP contribution in [0.2, 0.25) is 0 Å². The molecule has 1 aliphatic carbocycles. The third kappa shape index (κ3) is 4.76. The first kappa shape index (κ1) is 17.4. The molecule has 2 rings (SSSR count). The maximum Gasteiger partial charge on any atom is 0.242 e. The first-order valence-corrected chi connectivity index (χ1v) is 7.96. The molecule has 1 aromatic carbocycles. The summed E-state index contributed by atoms with van der Waals surface area (Å²) in [5.74, 6) is -0.984. The van der Waals surface area contributed by atoms with E-state index in [0.29, 0.717) is 0 Å². The second-order valence-corrected chi connectivity index (χ2v) is 6.01. The summed E-state index contributed by atoms with van der Waals surface area (Å²) >= 11 is 0. The van der Waals surface area contributed by atoms with Crippen LogP contribution in [0.25, 0.3) is 0 Å². The molecule has 1 saturated carbocycles. The minimum atomic E-state index is -1.12. The van der Waals surface area contributed by atoms with Gasteiger partial charge in [-0.2, -0.15) is 0 Å². The van der Waals surface area contributed by atoms with Crippen molar-refractivity contribution in [2.75, 3.05) is 6.54 Å². The fourth-order valence-electron chi connectivity index (χ4n) is 3.07. The van der Waals surface area contributed by atoms with Gasteiger partial charge in [-0.15, -0.1) is 0 Å². The second kappa shape index (κ2) is 8.06. The van der Waals surface area contributed by atoms with Gasteiger partial charge in [0.05, 0.1) is 6.10 Å². The standard InChI is InChI=1S/C17H23FN2O3/c1-11(21)20-16(12-6-2-3-7-12)17(23)19-10-15(22)13-8-4-5-9-14(13)18/h4-5,8-9,12,15-16,22H,2-3,6-7,10H2,1H3,(H,19,23)(H,20,21). The molecule has 0 radical (unpaired) electrons. The fraction of sp³-hybridized carbons (Fsp3) is 0.529. The van der Waals surface area contributed by atoms with E-state index in [-0.39, 0.29) is 29.8 Å². The third-order valence-electron chi connectivity index (χ3n) is 4.25. The minimum absolute atomic E-state index is 0.0947. The van der Waals surface area contributed by atoms with Crippen LogP contribution in [0.15, 0.2) is 24.3 Å². The molecule has 2 amide bonds. The van der Waals surface area contributed by atoms with Crippen molar-refractivity contribution >= 4 is 11.8 Å². The minimum Gasteiger partial charge on any atom is -0.386 e. The van der Waals surface area contributed by atoms with E-state index in [9.17, 15) is 19.1 Å². The van der Waals surface area contributed by atoms with Gasteiger partial charge in [0.15, 0.2) is 0 Å². The Morgan fingerprint density at radius 1 is 1.30 bits per heavy atom. The quantitative estimate of drug-likeness (QED) is 0.745. The van der Waals surface area contributed by atoms with Crippen LogP contribution in [0, 0.1) is 11.7 Å². The molecule has 0 spiro atoms. The highest BCUT2D eigenvalue weighted by Crippen LogP contribution is 2.28. The van der Waals surface area contributed by atoms with Gasteiger partial charge in [0, 0.05) is 19.0 Å². The predicted molar refractivity (Wildman–Crippen MR) is 83.9 cm³/mol. The van der Waals surface area contributed by atoms with Crippen molar-refractivity contribution in [3.8, 4) is 0 Å². The lowest BCUT2D eigenvalue weighted by Crippen LogP contribution is -2.50. The zero-order valence-corrected chi connectivity index (χ0v) is 13.2. The Kier molecular flexibility index (Phi) is 6.10. The number of rotatable bonds is 6. The first-order valence-electron chi connectivity index (χ1n) is 7.96. The summed E-state index contributed by atoms with van der Waals surface area (Å²) in [4.78, 5) is 23.7. The number of benzene rings is 1. The van der Waals surface area contributed by atoms with Crippen LogP contribution >= 0.6 is 0 Å². The molecular weight excluding hydrogens is 299 g/mol. The molecule has 0 bridgehead atoms. The number of carbonyl (C=O) groups is 2. The molecule has 1 aliphatic rings. The maximum absolute atomic E-state index is 13.6. The lowest BCUT2D eigenvalue weighted by atomic mass is 9.97. The summed E-state index contributed by atoms with van der Waals surface area (Å²) in [6, 6.07) is 5.31. The average molecular weight is 322 g/mol. The van der Waals surface area contributed by atoms with E-state index in [0.717, 1.165) is 25.7 Å². The molecule has 23 heavy (non-hydrogen) atoms. The number of aliphatic hydroxyl groups is 1. The molecule has 1 aromatic rings. The highest BCUT2D eigenvalue weighted by Gasteiger charge is 2.31. The molecule has 0 saturated heterocycles. The molecule has 2 unspecified atom stereocenters. The molecule has 0 aliphatic heterocycles. The van der Waals surface area contributed by atoms with Crippen molar-refractivity contribution in [3.63, 3.8) is 0 Å². The lowest BCUT2D eigenvalue weighted by Gasteiger charge is -2.24. The van der Waals surface area contributed by atoms with E-state index in [4.69, 9.17) is 0 Å². The molecule has 126 valence electrons. The summed E-state index contributed by atoms with van der Waals surface area (Å²) in [7, 11) is 0. The summed E-state index contributed by atoms with van der Waals surface area (Å²) in [5.41, 5.74) is 0.143. The number of nitrogens with one attached hydrogen (secondary N) is 2. The van der Waals surface area contributed by atoms with Gasteiger partial charge in [0.1, 0.15) is 11.9 Å². The van der Waals surface area contributed by atoms with Gasteiger partial charge in [-0.3, -0.25) is 9.59 Å². The lowest BCUT2D eigenvalue weighted by molar-refractivity contribution is -0.129. The zero-order valence-electron chi connectivity index (χ0n) is 13.2. The Balaban J connectivity index is 1.95. The maximum atomic E-state index is 13.6. The Labute approximate surface area is 135 Å². The van der Waals surface area contributed by atoms with Crippen molar-refractivity contribution in [3.05, 3.63) is 35.6 Å². The first-order chi connectivity index (χ1) is 11.0. The van der Waals surface area contributed by atoms with Gasteiger partial charge in [0.2, 0.25) is 11.8 Å². The van der Waals surface area contributed by atoms with Crippen LogP contribution in [0.5, 0.6) is 0 Å². The Morgan fingerprint density at radius 3 is 2.57 bits per heavy atom. The van der Waals surface area contributed by atoms with Crippen LogP contribution in [-0.4, -0.2) is 29.5 Å². The molecule has 5 nitrogen and oxygen atoms in total.